The second-order valence-corrected chi connectivity index (χ2v) is 7.21. The number of nitrogens with zero attached hydrogens (tertiary/aromatic N) is 1. The minimum absolute atomic E-state index is 0.0351. The third kappa shape index (κ3) is 7.87. The van der Waals surface area contributed by atoms with Crippen molar-refractivity contribution in [3.05, 3.63) is 29.8 Å². The van der Waals surface area contributed by atoms with Gasteiger partial charge in [0.25, 0.3) is 0 Å². The number of carbonyl (C=O) groups excluding carboxylic acids is 2. The Hall–Kier alpha value is -2.94. The molecular formula is C15H17F2N3O6S. The van der Waals surface area contributed by atoms with Gasteiger partial charge < -0.3 is 20.1 Å². The van der Waals surface area contributed by atoms with Crippen molar-refractivity contribution in [1.29, 1.82) is 5.26 Å². The molecule has 1 aromatic rings. The molecule has 148 valence electrons. The molecule has 0 aliphatic heterocycles. The molecule has 1 rings (SSSR count). The molecule has 0 spiro atoms. The summed E-state index contributed by atoms with van der Waals surface area (Å²) in [7, 11) is -3.04. The van der Waals surface area contributed by atoms with Crippen molar-refractivity contribution in [2.75, 3.05) is 19.4 Å². The number of sulfone groups is 1. The van der Waals surface area contributed by atoms with Crippen LogP contribution in [0.15, 0.2) is 24.3 Å². The number of hydrogen-bond donors (Lipinski definition) is 2. The standard InChI is InChI=1S/C15H17F2N3O6S/c1-25-15(22)20-11(13(21)19-7-6-18)9-27(23,24)8-10-4-2-3-5-12(10)26-14(16)17/h2-5,11,14H,7-9H2,1H3,(H,19,21)(H,20,22)/t11-/m0/s1. The lowest BCUT2D eigenvalue weighted by Crippen LogP contribution is -2.50. The van der Waals surface area contributed by atoms with Gasteiger partial charge in [0, 0.05) is 5.56 Å². The lowest BCUT2D eigenvalue weighted by Gasteiger charge is -2.17. The van der Waals surface area contributed by atoms with Crippen LogP contribution in [-0.2, 0) is 25.1 Å². The highest BCUT2D eigenvalue weighted by molar-refractivity contribution is 7.90. The van der Waals surface area contributed by atoms with E-state index in [4.69, 9.17) is 5.26 Å². The SMILES string of the molecule is COC(=O)N[C@@H](CS(=O)(=O)Cc1ccccc1OC(F)F)C(=O)NCC#N. The molecular weight excluding hydrogens is 388 g/mol. The monoisotopic (exact) mass is 405 g/mol. The van der Waals surface area contributed by atoms with Crippen LogP contribution in [0.25, 0.3) is 0 Å². The summed E-state index contributed by atoms with van der Waals surface area (Å²) in [5, 5.41) is 12.7. The van der Waals surface area contributed by atoms with Crippen molar-refractivity contribution in [3.8, 4) is 11.8 Å². The first-order chi connectivity index (χ1) is 12.7. The number of benzene rings is 1. The average molecular weight is 405 g/mol. The van der Waals surface area contributed by atoms with Crippen LogP contribution in [0.4, 0.5) is 13.6 Å². The predicted molar refractivity (Wildman–Crippen MR) is 88.5 cm³/mol. The topological polar surface area (TPSA) is 135 Å². The van der Waals surface area contributed by atoms with Crippen LogP contribution in [0.5, 0.6) is 5.75 Å². The largest absolute Gasteiger partial charge is 0.453 e. The zero-order valence-corrected chi connectivity index (χ0v) is 15.0. The number of halogens is 2. The number of rotatable bonds is 9. The van der Waals surface area contributed by atoms with Crippen molar-refractivity contribution < 1.29 is 36.3 Å². The Morgan fingerprint density at radius 2 is 1.96 bits per heavy atom. The van der Waals surface area contributed by atoms with Crippen molar-refractivity contribution in [3.63, 3.8) is 0 Å². The normalized spacial score (nSPS) is 12.0. The van der Waals surface area contributed by atoms with E-state index in [2.05, 4.69) is 20.1 Å². The number of ether oxygens (including phenoxy) is 2. The molecule has 12 heteroatoms. The quantitative estimate of drug-likeness (QED) is 0.574. The van der Waals surface area contributed by atoms with Gasteiger partial charge in [-0.3, -0.25) is 4.79 Å². The van der Waals surface area contributed by atoms with Crippen LogP contribution in [0.1, 0.15) is 5.56 Å². The second kappa shape index (κ2) is 10.3. The maximum Gasteiger partial charge on any atom is 0.407 e. The molecule has 0 aromatic heterocycles. The third-order valence-corrected chi connectivity index (χ3v) is 4.71. The van der Waals surface area contributed by atoms with Crippen LogP contribution in [0.3, 0.4) is 0 Å². The van der Waals surface area contributed by atoms with Gasteiger partial charge in [0.15, 0.2) is 9.84 Å². The second-order valence-electron chi connectivity index (χ2n) is 5.11. The zero-order valence-electron chi connectivity index (χ0n) is 14.1. The first-order valence-corrected chi connectivity index (χ1v) is 9.23. The Labute approximate surface area is 154 Å². The van der Waals surface area contributed by atoms with Gasteiger partial charge in [0.1, 0.15) is 18.3 Å². The fourth-order valence-electron chi connectivity index (χ4n) is 2.02. The molecule has 0 fully saturated rings. The molecule has 0 saturated heterocycles. The van der Waals surface area contributed by atoms with Crippen LogP contribution >= 0.6 is 0 Å². The predicted octanol–water partition coefficient (Wildman–Crippen LogP) is 0.567. The van der Waals surface area contributed by atoms with E-state index < -0.39 is 52.5 Å². The average Bonchev–Trinajstić information content (AvgIpc) is 2.59. The fraction of sp³-hybridized carbons (Fsp3) is 0.400. The van der Waals surface area contributed by atoms with Crippen molar-refractivity contribution in [2.24, 2.45) is 0 Å². The number of para-hydroxylation sites is 1. The Morgan fingerprint density at radius 1 is 1.30 bits per heavy atom. The molecule has 0 aliphatic rings. The molecule has 0 saturated carbocycles. The van der Waals surface area contributed by atoms with Gasteiger partial charge in [-0.2, -0.15) is 14.0 Å². The number of amides is 2. The minimum atomic E-state index is -4.05. The first kappa shape index (κ1) is 22.1. The Morgan fingerprint density at radius 3 is 2.56 bits per heavy atom. The Bertz CT molecular complexity index is 810. The molecule has 1 atom stereocenters. The van der Waals surface area contributed by atoms with Crippen molar-refractivity contribution in [1.82, 2.24) is 10.6 Å². The first-order valence-electron chi connectivity index (χ1n) is 7.40. The van der Waals surface area contributed by atoms with Gasteiger partial charge in [0.2, 0.25) is 5.91 Å². The Balaban J connectivity index is 2.98. The van der Waals surface area contributed by atoms with Gasteiger partial charge >= 0.3 is 12.7 Å². The van der Waals surface area contributed by atoms with E-state index in [9.17, 15) is 26.8 Å². The highest BCUT2D eigenvalue weighted by atomic mass is 32.2. The molecule has 2 amide bonds. The highest BCUT2D eigenvalue weighted by Gasteiger charge is 2.28. The number of nitrogens with one attached hydrogen (secondary N) is 2. The number of methoxy groups -OCH3 is 1. The highest BCUT2D eigenvalue weighted by Crippen LogP contribution is 2.22. The van der Waals surface area contributed by atoms with Crippen LogP contribution in [-0.4, -0.2) is 52.5 Å². The lowest BCUT2D eigenvalue weighted by molar-refractivity contribution is -0.122. The summed E-state index contributed by atoms with van der Waals surface area (Å²) in [6, 6.07) is 5.39. The van der Waals surface area contributed by atoms with E-state index in [0.717, 1.165) is 7.11 Å². The van der Waals surface area contributed by atoms with E-state index in [1.165, 1.54) is 24.3 Å². The van der Waals surface area contributed by atoms with E-state index in [1.807, 2.05) is 0 Å². The molecule has 0 heterocycles. The minimum Gasteiger partial charge on any atom is -0.453 e. The van der Waals surface area contributed by atoms with E-state index in [1.54, 1.807) is 6.07 Å². The van der Waals surface area contributed by atoms with Crippen LogP contribution in [0.2, 0.25) is 0 Å². The number of nitriles is 1. The molecule has 0 radical (unpaired) electrons. The maximum atomic E-state index is 12.4. The Kier molecular flexibility index (Phi) is 8.40. The number of hydrogen-bond acceptors (Lipinski definition) is 7. The van der Waals surface area contributed by atoms with Gasteiger partial charge in [-0.15, -0.1) is 0 Å². The fourth-order valence-corrected chi connectivity index (χ4v) is 3.59. The molecule has 2 N–H and O–H groups in total. The summed E-state index contributed by atoms with van der Waals surface area (Å²) in [6.07, 6.45) is -1.05. The molecule has 27 heavy (non-hydrogen) atoms. The summed E-state index contributed by atoms with van der Waals surface area (Å²) in [5.41, 5.74) is -0.0351. The summed E-state index contributed by atoms with van der Waals surface area (Å²) < 4.78 is 58.3. The van der Waals surface area contributed by atoms with Crippen LogP contribution in [0, 0.1) is 11.3 Å². The maximum absolute atomic E-state index is 12.4. The molecule has 0 aliphatic carbocycles. The molecule has 9 nitrogen and oxygen atoms in total. The molecule has 0 bridgehead atoms. The third-order valence-electron chi connectivity index (χ3n) is 3.12. The smallest absolute Gasteiger partial charge is 0.407 e. The number of carbonyl (C=O) groups is 2. The zero-order chi connectivity index (χ0) is 20.4. The van der Waals surface area contributed by atoms with Crippen molar-refractivity contribution in [2.45, 2.75) is 18.4 Å². The van der Waals surface area contributed by atoms with Gasteiger partial charge in [0.05, 0.1) is 24.7 Å². The lowest BCUT2D eigenvalue weighted by atomic mass is 10.2. The molecule has 0 unspecified atom stereocenters. The number of alkyl halides is 2. The van der Waals surface area contributed by atoms with Crippen LogP contribution < -0.4 is 15.4 Å². The van der Waals surface area contributed by atoms with E-state index in [0.29, 0.717) is 0 Å². The summed E-state index contributed by atoms with van der Waals surface area (Å²) >= 11 is 0. The van der Waals surface area contributed by atoms with Gasteiger partial charge in [-0.25, -0.2) is 13.2 Å². The summed E-state index contributed by atoms with van der Waals surface area (Å²) in [4.78, 5) is 23.3. The van der Waals surface area contributed by atoms with Crippen molar-refractivity contribution >= 4 is 21.8 Å². The summed E-state index contributed by atoms with van der Waals surface area (Å²) in [6.45, 7) is -3.54. The van der Waals surface area contributed by atoms with Gasteiger partial charge in [-0.1, -0.05) is 18.2 Å². The van der Waals surface area contributed by atoms with Gasteiger partial charge in [-0.05, 0) is 6.07 Å². The number of alkyl carbamates (subject to hydrolysis) is 1. The summed E-state index contributed by atoms with van der Waals surface area (Å²) in [5.74, 6) is -2.78. The van der Waals surface area contributed by atoms with E-state index >= 15 is 0 Å². The van der Waals surface area contributed by atoms with E-state index in [-0.39, 0.29) is 11.3 Å². The molecule has 1 aromatic carbocycles.